The summed E-state index contributed by atoms with van der Waals surface area (Å²) in [5.74, 6) is 0.686. The van der Waals surface area contributed by atoms with E-state index in [-0.39, 0.29) is 23.6 Å². The third-order valence-electron chi connectivity index (χ3n) is 3.74. The Hall–Kier alpha value is -2.68. The fourth-order valence-electron chi connectivity index (χ4n) is 2.59. The molecule has 1 aromatic carbocycles. The molecule has 138 valence electrons. The maximum absolute atomic E-state index is 12.8. The van der Waals surface area contributed by atoms with Gasteiger partial charge in [0.05, 0.1) is 18.6 Å². The van der Waals surface area contributed by atoms with E-state index in [9.17, 15) is 9.59 Å². The molecule has 9 heteroatoms. The molecule has 2 aliphatic heterocycles. The van der Waals surface area contributed by atoms with Crippen LogP contribution in [-0.4, -0.2) is 47.0 Å². The smallest absolute Gasteiger partial charge is 0.276 e. The number of thioether (sulfide) groups is 1. The van der Waals surface area contributed by atoms with Crippen molar-refractivity contribution in [2.45, 2.75) is 26.1 Å². The maximum Gasteiger partial charge on any atom is 0.276 e. The number of amides is 2. The van der Waals surface area contributed by atoms with E-state index in [4.69, 9.17) is 4.74 Å². The number of nitrogens with zero attached hydrogens (tertiary/aromatic N) is 3. The summed E-state index contributed by atoms with van der Waals surface area (Å²) in [5, 5.41) is 7.61. The molecule has 0 saturated carbocycles. The number of hydrazone groups is 1. The molecule has 2 aliphatic rings. The molecule has 0 saturated heterocycles. The molecule has 8 nitrogen and oxygen atoms in total. The van der Waals surface area contributed by atoms with E-state index in [2.05, 4.69) is 15.8 Å². The first-order valence-electron chi connectivity index (χ1n) is 8.19. The Morgan fingerprint density at radius 2 is 2.23 bits per heavy atom. The first-order chi connectivity index (χ1) is 12.5. The highest BCUT2D eigenvalue weighted by atomic mass is 32.2. The highest BCUT2D eigenvalue weighted by Crippen LogP contribution is 2.27. The van der Waals surface area contributed by atoms with Gasteiger partial charge in [-0.05, 0) is 26.0 Å². The van der Waals surface area contributed by atoms with Gasteiger partial charge in [-0.2, -0.15) is 5.10 Å². The van der Waals surface area contributed by atoms with Crippen LogP contribution in [0.15, 0.2) is 41.8 Å². The van der Waals surface area contributed by atoms with Gasteiger partial charge in [0.2, 0.25) is 12.1 Å². The zero-order chi connectivity index (χ0) is 18.7. The molecule has 0 aliphatic carbocycles. The SMILES string of the molecule is COc1cccc(N2C=CN3C(SCC(=O)NC(C)C)=NNC3C2=O)c1. The van der Waals surface area contributed by atoms with Gasteiger partial charge < -0.3 is 10.1 Å². The third kappa shape index (κ3) is 3.77. The van der Waals surface area contributed by atoms with E-state index in [1.807, 2.05) is 32.0 Å². The average Bonchev–Trinajstić information content (AvgIpc) is 3.04. The summed E-state index contributed by atoms with van der Waals surface area (Å²) in [5.41, 5.74) is 3.55. The number of anilines is 1. The topological polar surface area (TPSA) is 86.3 Å². The van der Waals surface area contributed by atoms with Crippen LogP contribution in [0.3, 0.4) is 0 Å². The van der Waals surface area contributed by atoms with Gasteiger partial charge in [-0.3, -0.25) is 24.8 Å². The van der Waals surface area contributed by atoms with Crippen molar-refractivity contribution in [2.24, 2.45) is 5.10 Å². The Morgan fingerprint density at radius 1 is 1.42 bits per heavy atom. The molecular formula is C17H21N5O3S. The second-order valence-electron chi connectivity index (χ2n) is 6.05. The van der Waals surface area contributed by atoms with Crippen molar-refractivity contribution in [3.8, 4) is 5.75 Å². The van der Waals surface area contributed by atoms with E-state index in [0.29, 0.717) is 16.6 Å². The van der Waals surface area contributed by atoms with Crippen LogP contribution in [0.2, 0.25) is 0 Å². The third-order valence-corrected chi connectivity index (χ3v) is 4.71. The van der Waals surface area contributed by atoms with E-state index in [1.165, 1.54) is 11.8 Å². The Labute approximate surface area is 156 Å². The minimum Gasteiger partial charge on any atom is -0.497 e. The second kappa shape index (κ2) is 7.69. The summed E-state index contributed by atoms with van der Waals surface area (Å²) in [4.78, 5) is 27.9. The lowest BCUT2D eigenvalue weighted by atomic mass is 10.2. The van der Waals surface area contributed by atoms with E-state index >= 15 is 0 Å². The average molecular weight is 375 g/mol. The summed E-state index contributed by atoms with van der Waals surface area (Å²) < 4.78 is 5.21. The number of methoxy groups -OCH3 is 1. The summed E-state index contributed by atoms with van der Waals surface area (Å²) in [7, 11) is 1.58. The molecule has 2 amide bonds. The van der Waals surface area contributed by atoms with Crippen molar-refractivity contribution in [1.29, 1.82) is 0 Å². The van der Waals surface area contributed by atoms with Crippen molar-refractivity contribution in [1.82, 2.24) is 15.6 Å². The summed E-state index contributed by atoms with van der Waals surface area (Å²) in [6, 6.07) is 7.37. The lowest BCUT2D eigenvalue weighted by Gasteiger charge is -2.32. The first-order valence-corrected chi connectivity index (χ1v) is 9.17. The van der Waals surface area contributed by atoms with Crippen LogP contribution in [0.25, 0.3) is 0 Å². The summed E-state index contributed by atoms with van der Waals surface area (Å²) >= 11 is 1.28. The van der Waals surface area contributed by atoms with E-state index in [1.54, 1.807) is 35.4 Å². The lowest BCUT2D eigenvalue weighted by molar-refractivity contribution is -0.122. The van der Waals surface area contributed by atoms with Crippen molar-refractivity contribution in [3.63, 3.8) is 0 Å². The van der Waals surface area contributed by atoms with Crippen LogP contribution in [0, 0.1) is 0 Å². The fraction of sp³-hybridized carbons (Fsp3) is 0.353. The van der Waals surface area contributed by atoms with E-state index in [0.717, 1.165) is 0 Å². The van der Waals surface area contributed by atoms with Crippen molar-refractivity contribution in [3.05, 3.63) is 36.7 Å². The molecule has 0 radical (unpaired) electrons. The number of amidine groups is 1. The summed E-state index contributed by atoms with van der Waals surface area (Å²) in [6.07, 6.45) is 2.84. The molecule has 1 atom stereocenters. The number of rotatable bonds is 5. The maximum atomic E-state index is 12.8. The number of fused-ring (bicyclic) bond motifs is 1. The minimum atomic E-state index is -0.623. The number of carbonyl (C=O) groups is 2. The van der Waals surface area contributed by atoms with E-state index < -0.39 is 6.17 Å². The van der Waals surface area contributed by atoms with Gasteiger partial charge in [0.25, 0.3) is 5.91 Å². The Balaban J connectivity index is 1.68. The Kier molecular flexibility index (Phi) is 5.36. The zero-order valence-corrected chi connectivity index (χ0v) is 15.6. The second-order valence-corrected chi connectivity index (χ2v) is 6.99. The predicted molar refractivity (Wildman–Crippen MR) is 102 cm³/mol. The Morgan fingerprint density at radius 3 is 2.96 bits per heavy atom. The van der Waals surface area contributed by atoms with Crippen molar-refractivity contribution in [2.75, 3.05) is 17.8 Å². The van der Waals surface area contributed by atoms with Gasteiger partial charge >= 0.3 is 0 Å². The highest BCUT2D eigenvalue weighted by molar-refractivity contribution is 8.14. The Bertz CT molecular complexity index is 765. The largest absolute Gasteiger partial charge is 0.497 e. The van der Waals surface area contributed by atoms with Crippen LogP contribution in [-0.2, 0) is 9.59 Å². The molecule has 26 heavy (non-hydrogen) atoms. The van der Waals surface area contributed by atoms with Crippen LogP contribution in [0.4, 0.5) is 5.69 Å². The molecular weight excluding hydrogens is 354 g/mol. The van der Waals surface area contributed by atoms with Gasteiger partial charge in [-0.15, -0.1) is 0 Å². The van der Waals surface area contributed by atoms with Crippen molar-refractivity contribution < 1.29 is 14.3 Å². The fourth-order valence-corrected chi connectivity index (χ4v) is 3.36. The van der Waals surface area contributed by atoms with Gasteiger partial charge in [0.1, 0.15) is 5.75 Å². The standard InChI is InChI=1S/C17H21N5O3S/c1-11(2)18-14(23)10-26-17-20-19-15-16(24)21(7-8-22(15)17)12-5-4-6-13(9-12)25-3/h4-9,11,15,19H,10H2,1-3H3,(H,18,23). The highest BCUT2D eigenvalue weighted by Gasteiger charge is 2.38. The van der Waals surface area contributed by atoms with Crippen LogP contribution in [0.5, 0.6) is 5.75 Å². The molecule has 0 bridgehead atoms. The predicted octanol–water partition coefficient (Wildman–Crippen LogP) is 1.27. The van der Waals surface area contributed by atoms with Crippen molar-refractivity contribution >= 4 is 34.4 Å². The molecule has 3 rings (SSSR count). The quantitative estimate of drug-likeness (QED) is 0.806. The number of hydrogen-bond donors (Lipinski definition) is 2. The normalized spacial score (nSPS) is 18.5. The number of ether oxygens (including phenoxy) is 1. The monoisotopic (exact) mass is 375 g/mol. The van der Waals surface area contributed by atoms with Gasteiger partial charge in [0, 0.05) is 24.5 Å². The number of nitrogens with one attached hydrogen (secondary N) is 2. The number of carbonyl (C=O) groups excluding carboxylic acids is 2. The molecule has 1 aromatic rings. The van der Waals surface area contributed by atoms with Gasteiger partial charge in [0.15, 0.2) is 5.17 Å². The van der Waals surface area contributed by atoms with Crippen LogP contribution in [0.1, 0.15) is 13.8 Å². The number of hydrogen-bond acceptors (Lipinski definition) is 7. The lowest BCUT2D eigenvalue weighted by Crippen LogP contribution is -2.52. The van der Waals surface area contributed by atoms with Gasteiger partial charge in [-0.1, -0.05) is 17.8 Å². The van der Waals surface area contributed by atoms with Crippen LogP contribution < -0.4 is 20.4 Å². The molecule has 0 fully saturated rings. The molecule has 2 heterocycles. The first kappa shape index (κ1) is 18.1. The van der Waals surface area contributed by atoms with Crippen LogP contribution >= 0.6 is 11.8 Å². The number of benzene rings is 1. The summed E-state index contributed by atoms with van der Waals surface area (Å²) in [6.45, 7) is 3.82. The minimum absolute atomic E-state index is 0.0681. The van der Waals surface area contributed by atoms with Gasteiger partial charge in [-0.25, -0.2) is 0 Å². The molecule has 0 spiro atoms. The molecule has 2 N–H and O–H groups in total. The molecule has 1 unspecified atom stereocenters. The molecule has 0 aromatic heterocycles. The zero-order valence-electron chi connectivity index (χ0n) is 14.8.